The van der Waals surface area contributed by atoms with Crippen molar-refractivity contribution in [3.63, 3.8) is 0 Å². The first-order valence-corrected chi connectivity index (χ1v) is 24.4. The van der Waals surface area contributed by atoms with Crippen molar-refractivity contribution in [1.29, 1.82) is 0 Å². The predicted octanol–water partition coefficient (Wildman–Crippen LogP) is 10.5. The zero-order valence-corrected chi connectivity index (χ0v) is 40.4. The molecule has 0 bridgehead atoms. The van der Waals surface area contributed by atoms with Gasteiger partial charge in [-0.2, -0.15) is 0 Å². The summed E-state index contributed by atoms with van der Waals surface area (Å²) in [6.45, 7) is 3.33. The van der Waals surface area contributed by atoms with E-state index in [1.807, 2.05) is 146 Å². The molecule has 12 heteroatoms. The third kappa shape index (κ3) is 13.3. The number of nitrogens with two attached hydrogens (primary N) is 8. The number of anilines is 8. The molecule has 12 nitrogen and oxygen atoms in total. The Bertz CT molecular complexity index is 2670. The Labute approximate surface area is 429 Å². The molecule has 8 aromatic carbocycles. The van der Waals surface area contributed by atoms with Crippen molar-refractivity contribution in [2.45, 2.75) is 57.5 Å². The van der Waals surface area contributed by atoms with Gasteiger partial charge in [0.05, 0.1) is 96.3 Å². The first-order chi connectivity index (χ1) is 35.0. The van der Waals surface area contributed by atoms with Gasteiger partial charge in [0.2, 0.25) is 0 Å². The molecule has 12 rings (SSSR count). The largest absolute Gasteiger partial charge is 0.397 e. The Morgan fingerprint density at radius 2 is 0.438 bits per heavy atom. The molecule has 0 radical (unpaired) electrons. The Balaban J connectivity index is 0.000000129. The maximum Gasteiger partial charge on any atom is 0.0850 e. The standard InChI is InChI=1S/4C15H16N2O.CH4/c4*16-14-11(8-12-9-18-12)6-7-13(15(14)17)10-4-2-1-3-5-10;/h4*1-7,12H,8-9,16-17H2;1H4. The van der Waals surface area contributed by atoms with Gasteiger partial charge >= 0.3 is 0 Å². The van der Waals surface area contributed by atoms with E-state index >= 15 is 0 Å². The normalized spacial score (nSPS) is 17.4. The van der Waals surface area contributed by atoms with Crippen LogP contribution in [0.4, 0.5) is 45.5 Å². The number of hydrogen-bond acceptors (Lipinski definition) is 12. The minimum atomic E-state index is 0. The lowest BCUT2D eigenvalue weighted by atomic mass is 9.98. The molecule has 16 N–H and O–H groups in total. The van der Waals surface area contributed by atoms with Crippen LogP contribution >= 0.6 is 0 Å². The van der Waals surface area contributed by atoms with E-state index in [2.05, 4.69) is 24.3 Å². The predicted molar refractivity (Wildman–Crippen MR) is 303 cm³/mol. The van der Waals surface area contributed by atoms with E-state index in [9.17, 15) is 0 Å². The summed E-state index contributed by atoms with van der Waals surface area (Å²) in [6.07, 6.45) is 4.72. The number of hydrogen-bond donors (Lipinski definition) is 8. The third-order valence-corrected chi connectivity index (χ3v) is 13.2. The van der Waals surface area contributed by atoms with Crippen LogP contribution in [-0.2, 0) is 44.6 Å². The van der Waals surface area contributed by atoms with Gasteiger partial charge in [-0.15, -0.1) is 0 Å². The van der Waals surface area contributed by atoms with Gasteiger partial charge in [0.1, 0.15) is 0 Å². The first kappa shape index (κ1) is 51.4. The maximum absolute atomic E-state index is 6.15. The van der Waals surface area contributed by atoms with Crippen LogP contribution < -0.4 is 45.9 Å². The van der Waals surface area contributed by atoms with Crippen LogP contribution in [0, 0.1) is 0 Å². The quantitative estimate of drug-likeness (QED) is 0.0420. The Hall–Kier alpha value is -8.00. The van der Waals surface area contributed by atoms with Gasteiger partial charge in [0.25, 0.3) is 0 Å². The molecule has 4 saturated heterocycles. The highest BCUT2D eigenvalue weighted by Gasteiger charge is 2.27. The second-order valence-corrected chi connectivity index (χ2v) is 18.5. The van der Waals surface area contributed by atoms with Gasteiger partial charge < -0.3 is 64.8 Å². The fourth-order valence-corrected chi connectivity index (χ4v) is 8.64. The summed E-state index contributed by atoms with van der Waals surface area (Å²) in [5, 5.41) is 0. The van der Waals surface area contributed by atoms with E-state index in [-0.39, 0.29) is 7.43 Å². The van der Waals surface area contributed by atoms with E-state index in [1.54, 1.807) is 0 Å². The van der Waals surface area contributed by atoms with Crippen molar-refractivity contribution in [3.8, 4) is 44.5 Å². The molecule has 4 atom stereocenters. The second-order valence-electron chi connectivity index (χ2n) is 18.5. The molecule has 73 heavy (non-hydrogen) atoms. The molecule has 0 amide bonds. The number of benzene rings is 8. The monoisotopic (exact) mass is 977 g/mol. The van der Waals surface area contributed by atoms with Gasteiger partial charge in [-0.1, -0.05) is 177 Å². The zero-order chi connectivity index (χ0) is 50.1. The van der Waals surface area contributed by atoms with E-state index in [1.165, 1.54) is 0 Å². The van der Waals surface area contributed by atoms with Crippen LogP contribution in [0.25, 0.3) is 44.5 Å². The van der Waals surface area contributed by atoms with Crippen LogP contribution in [0.2, 0.25) is 0 Å². The van der Waals surface area contributed by atoms with Gasteiger partial charge in [-0.05, 0) is 44.5 Å². The van der Waals surface area contributed by atoms with Crippen LogP contribution in [0.15, 0.2) is 170 Å². The van der Waals surface area contributed by atoms with E-state index < -0.39 is 0 Å². The number of rotatable bonds is 12. The van der Waals surface area contributed by atoms with Crippen LogP contribution in [0.1, 0.15) is 29.7 Å². The summed E-state index contributed by atoms with van der Waals surface area (Å²) >= 11 is 0. The average Bonchev–Trinajstić information content (AvgIpc) is 4.16. The lowest BCUT2D eigenvalue weighted by Crippen LogP contribution is -2.04. The molecule has 0 saturated carbocycles. The molecular formula is C61H68N8O4. The molecule has 0 aromatic heterocycles. The fraction of sp³-hybridized carbons (Fsp3) is 0.213. The van der Waals surface area contributed by atoms with Crippen molar-refractivity contribution >= 4 is 45.5 Å². The summed E-state index contributed by atoms with van der Waals surface area (Å²) in [6, 6.07) is 56.6. The van der Waals surface area contributed by atoms with Gasteiger partial charge in [0, 0.05) is 47.9 Å². The molecule has 4 aliphatic heterocycles. The Morgan fingerprint density at radius 3 is 0.603 bits per heavy atom. The molecule has 0 spiro atoms. The lowest BCUT2D eigenvalue weighted by Gasteiger charge is -2.12. The molecule has 4 fully saturated rings. The van der Waals surface area contributed by atoms with E-state index in [0.717, 1.165) is 119 Å². The van der Waals surface area contributed by atoms with Gasteiger partial charge in [0.15, 0.2) is 0 Å². The van der Waals surface area contributed by atoms with Crippen molar-refractivity contribution in [1.82, 2.24) is 0 Å². The Morgan fingerprint density at radius 1 is 0.260 bits per heavy atom. The Kier molecular flexibility index (Phi) is 16.5. The van der Waals surface area contributed by atoms with E-state index in [0.29, 0.717) is 69.9 Å². The number of nitrogen functional groups attached to an aromatic ring is 8. The van der Waals surface area contributed by atoms with Gasteiger partial charge in [-0.3, -0.25) is 0 Å². The topological polar surface area (TPSA) is 258 Å². The molecule has 4 heterocycles. The minimum Gasteiger partial charge on any atom is -0.397 e. The maximum atomic E-state index is 6.15. The minimum absolute atomic E-state index is 0. The summed E-state index contributed by atoms with van der Waals surface area (Å²) in [7, 11) is 0. The van der Waals surface area contributed by atoms with Gasteiger partial charge in [-0.25, -0.2) is 0 Å². The van der Waals surface area contributed by atoms with Crippen LogP contribution in [0.3, 0.4) is 0 Å². The lowest BCUT2D eigenvalue weighted by molar-refractivity contribution is 0.407. The highest BCUT2D eigenvalue weighted by Crippen LogP contribution is 2.38. The number of ether oxygens (including phenoxy) is 4. The summed E-state index contributed by atoms with van der Waals surface area (Å²) in [5.41, 5.74) is 67.1. The highest BCUT2D eigenvalue weighted by atomic mass is 16.6. The second kappa shape index (κ2) is 23.5. The molecule has 4 aliphatic rings. The first-order valence-electron chi connectivity index (χ1n) is 24.4. The van der Waals surface area contributed by atoms with Crippen molar-refractivity contribution in [3.05, 3.63) is 192 Å². The smallest absolute Gasteiger partial charge is 0.0850 e. The van der Waals surface area contributed by atoms with Crippen LogP contribution in [0.5, 0.6) is 0 Å². The summed E-state index contributed by atoms with van der Waals surface area (Å²) < 4.78 is 20.9. The third-order valence-electron chi connectivity index (χ3n) is 13.2. The van der Waals surface area contributed by atoms with Crippen molar-refractivity contribution in [2.75, 3.05) is 72.3 Å². The SMILES string of the molecule is C.Nc1c(CC2CO2)ccc(-c2ccccc2)c1N.Nc1c(CC2CO2)ccc(-c2ccccc2)c1N.Nc1c(CC2CO2)ccc(-c2ccccc2)c1N.Nc1c(CC2CO2)ccc(-c2ccccc2)c1N. The zero-order valence-electron chi connectivity index (χ0n) is 40.4. The van der Waals surface area contributed by atoms with Crippen molar-refractivity contribution < 1.29 is 18.9 Å². The molecule has 4 unspecified atom stereocenters. The summed E-state index contributed by atoms with van der Waals surface area (Å²) in [4.78, 5) is 0. The molecule has 0 aliphatic carbocycles. The van der Waals surface area contributed by atoms with Crippen LogP contribution in [-0.4, -0.2) is 50.8 Å². The summed E-state index contributed by atoms with van der Waals surface area (Å²) in [5.74, 6) is 0. The molecule has 376 valence electrons. The highest BCUT2D eigenvalue weighted by molar-refractivity contribution is 5.89. The molecule has 8 aromatic rings. The number of epoxide rings is 4. The van der Waals surface area contributed by atoms with Crippen molar-refractivity contribution in [2.24, 2.45) is 0 Å². The van der Waals surface area contributed by atoms with E-state index in [4.69, 9.17) is 64.8 Å². The molecular weight excluding hydrogens is 909 g/mol. The fourth-order valence-electron chi connectivity index (χ4n) is 8.64. The average molecular weight is 977 g/mol.